The summed E-state index contributed by atoms with van der Waals surface area (Å²) in [6, 6.07) is 17.6. The van der Waals surface area contributed by atoms with Crippen LogP contribution in [0.15, 0.2) is 60.0 Å². The van der Waals surface area contributed by atoms with Crippen LogP contribution in [-0.4, -0.2) is 25.1 Å². The minimum Gasteiger partial charge on any atom is -0.348 e. The maximum absolute atomic E-state index is 12.7. The third kappa shape index (κ3) is 7.00. The van der Waals surface area contributed by atoms with Gasteiger partial charge in [0.15, 0.2) is 9.84 Å². The maximum Gasteiger partial charge on any atom is 0.235 e. The SMILES string of the molecule is CCc1ccc(-c2nc(CS(=O)(=O)CC(=O)NC(CC(C)C)c3ccccc3)cs2)cc1. The Kier molecular flexibility index (Phi) is 8.21. The number of benzene rings is 2. The van der Waals surface area contributed by atoms with Gasteiger partial charge in [-0.15, -0.1) is 11.3 Å². The molecule has 3 aromatic rings. The first kappa shape index (κ1) is 24.1. The molecule has 0 fully saturated rings. The first-order chi connectivity index (χ1) is 15.3. The van der Waals surface area contributed by atoms with E-state index in [2.05, 4.69) is 43.2 Å². The second-order valence-electron chi connectivity index (χ2n) is 8.39. The van der Waals surface area contributed by atoms with Crippen LogP contribution in [0, 0.1) is 5.92 Å². The molecule has 3 rings (SSSR count). The Morgan fingerprint density at radius 1 is 1.06 bits per heavy atom. The molecule has 0 radical (unpaired) electrons. The monoisotopic (exact) mass is 470 g/mol. The zero-order valence-corrected chi connectivity index (χ0v) is 20.4. The van der Waals surface area contributed by atoms with E-state index in [9.17, 15) is 13.2 Å². The van der Waals surface area contributed by atoms with Crippen LogP contribution >= 0.6 is 11.3 Å². The second kappa shape index (κ2) is 10.9. The third-order valence-corrected chi connectivity index (χ3v) is 7.50. The van der Waals surface area contributed by atoms with Gasteiger partial charge in [0.2, 0.25) is 5.91 Å². The summed E-state index contributed by atoms with van der Waals surface area (Å²) >= 11 is 1.41. The number of hydrogen-bond donors (Lipinski definition) is 1. The molecule has 32 heavy (non-hydrogen) atoms. The minimum atomic E-state index is -3.64. The molecule has 0 spiro atoms. The summed E-state index contributed by atoms with van der Waals surface area (Å²) in [4.78, 5) is 17.1. The molecule has 1 aromatic heterocycles. The van der Waals surface area contributed by atoms with Gasteiger partial charge in [0, 0.05) is 10.9 Å². The lowest BCUT2D eigenvalue weighted by Gasteiger charge is -2.21. The Balaban J connectivity index is 1.64. The molecule has 0 aliphatic heterocycles. The second-order valence-corrected chi connectivity index (χ2v) is 11.3. The van der Waals surface area contributed by atoms with Gasteiger partial charge in [0.05, 0.1) is 17.5 Å². The molecule has 5 nitrogen and oxygen atoms in total. The van der Waals surface area contributed by atoms with Crippen molar-refractivity contribution in [2.45, 2.75) is 45.4 Å². The van der Waals surface area contributed by atoms with E-state index in [1.807, 2.05) is 42.5 Å². The average Bonchev–Trinajstić information content (AvgIpc) is 3.20. The van der Waals surface area contributed by atoms with Gasteiger partial charge in [-0.05, 0) is 29.9 Å². The van der Waals surface area contributed by atoms with Crippen LogP contribution in [0.1, 0.15) is 50.1 Å². The van der Waals surface area contributed by atoms with Gasteiger partial charge < -0.3 is 5.32 Å². The fourth-order valence-corrected chi connectivity index (χ4v) is 5.65. The zero-order valence-electron chi connectivity index (χ0n) is 18.7. The molecule has 0 saturated carbocycles. The Bertz CT molecular complexity index is 1120. The number of carbonyl (C=O) groups is 1. The van der Waals surface area contributed by atoms with Gasteiger partial charge in [-0.3, -0.25) is 4.79 Å². The number of aryl methyl sites for hydroxylation is 1. The minimum absolute atomic E-state index is 0.212. The molecular formula is C25H30N2O3S2. The van der Waals surface area contributed by atoms with Crippen molar-refractivity contribution in [1.29, 1.82) is 0 Å². The fourth-order valence-electron chi connectivity index (χ4n) is 3.54. The van der Waals surface area contributed by atoms with Crippen molar-refractivity contribution in [3.05, 3.63) is 76.8 Å². The van der Waals surface area contributed by atoms with Crippen molar-refractivity contribution in [3.63, 3.8) is 0 Å². The van der Waals surface area contributed by atoms with E-state index in [1.54, 1.807) is 5.38 Å². The lowest BCUT2D eigenvalue weighted by Crippen LogP contribution is -2.34. The van der Waals surface area contributed by atoms with Gasteiger partial charge in [-0.1, -0.05) is 75.4 Å². The van der Waals surface area contributed by atoms with Crippen LogP contribution in [0.2, 0.25) is 0 Å². The molecule has 2 aromatic carbocycles. The summed E-state index contributed by atoms with van der Waals surface area (Å²) < 4.78 is 25.4. The third-order valence-electron chi connectivity index (χ3n) is 5.12. The lowest BCUT2D eigenvalue weighted by atomic mass is 9.97. The van der Waals surface area contributed by atoms with Gasteiger partial charge in [0.25, 0.3) is 0 Å². The van der Waals surface area contributed by atoms with Crippen molar-refractivity contribution in [2.24, 2.45) is 5.92 Å². The zero-order chi connectivity index (χ0) is 23.1. The molecule has 0 bridgehead atoms. The smallest absolute Gasteiger partial charge is 0.235 e. The van der Waals surface area contributed by atoms with Crippen LogP contribution in [0.25, 0.3) is 10.6 Å². The highest BCUT2D eigenvalue weighted by molar-refractivity contribution is 7.91. The van der Waals surface area contributed by atoms with Crippen molar-refractivity contribution >= 4 is 27.1 Å². The Hall–Kier alpha value is -2.51. The summed E-state index contributed by atoms with van der Waals surface area (Å²) in [6.07, 6.45) is 1.70. The van der Waals surface area contributed by atoms with Crippen molar-refractivity contribution < 1.29 is 13.2 Å². The Labute approximate surface area is 194 Å². The summed E-state index contributed by atoms with van der Waals surface area (Å²) in [6.45, 7) is 6.26. The Morgan fingerprint density at radius 2 is 1.75 bits per heavy atom. The lowest BCUT2D eigenvalue weighted by molar-refractivity contribution is -0.119. The predicted octanol–water partition coefficient (Wildman–Crippen LogP) is 5.19. The van der Waals surface area contributed by atoms with Gasteiger partial charge in [-0.2, -0.15) is 0 Å². The first-order valence-corrected chi connectivity index (χ1v) is 13.5. The van der Waals surface area contributed by atoms with Crippen LogP contribution in [0.3, 0.4) is 0 Å². The fraction of sp³-hybridized carbons (Fsp3) is 0.360. The van der Waals surface area contributed by atoms with Crippen LogP contribution in [0.4, 0.5) is 0 Å². The van der Waals surface area contributed by atoms with Gasteiger partial charge >= 0.3 is 0 Å². The summed E-state index contributed by atoms with van der Waals surface area (Å²) in [5.41, 5.74) is 3.66. The summed E-state index contributed by atoms with van der Waals surface area (Å²) in [7, 11) is -3.64. The summed E-state index contributed by atoms with van der Waals surface area (Å²) in [5, 5.41) is 5.45. The van der Waals surface area contributed by atoms with E-state index in [0.29, 0.717) is 11.6 Å². The van der Waals surface area contributed by atoms with E-state index in [4.69, 9.17) is 0 Å². The largest absolute Gasteiger partial charge is 0.348 e. The molecule has 1 atom stereocenters. The van der Waals surface area contributed by atoms with Crippen LogP contribution < -0.4 is 5.32 Å². The van der Waals surface area contributed by atoms with E-state index >= 15 is 0 Å². The van der Waals surface area contributed by atoms with Crippen molar-refractivity contribution in [1.82, 2.24) is 10.3 Å². The molecule has 7 heteroatoms. The normalized spacial score (nSPS) is 12.6. The molecule has 0 aliphatic rings. The number of nitrogens with one attached hydrogen (secondary N) is 1. The molecule has 0 aliphatic carbocycles. The van der Waals surface area contributed by atoms with Crippen molar-refractivity contribution in [3.8, 4) is 10.6 Å². The van der Waals surface area contributed by atoms with Crippen LogP contribution in [-0.2, 0) is 26.8 Å². The highest BCUT2D eigenvalue weighted by Gasteiger charge is 2.22. The number of amides is 1. The molecule has 1 unspecified atom stereocenters. The van der Waals surface area contributed by atoms with E-state index < -0.39 is 21.5 Å². The quantitative estimate of drug-likeness (QED) is 0.442. The van der Waals surface area contributed by atoms with E-state index in [-0.39, 0.29) is 11.8 Å². The van der Waals surface area contributed by atoms with Crippen molar-refractivity contribution in [2.75, 3.05) is 5.75 Å². The predicted molar refractivity (Wildman–Crippen MR) is 131 cm³/mol. The number of carbonyl (C=O) groups excluding carboxylic acids is 1. The molecule has 1 heterocycles. The number of hydrogen-bond acceptors (Lipinski definition) is 5. The van der Waals surface area contributed by atoms with Gasteiger partial charge in [0.1, 0.15) is 10.8 Å². The number of aromatic nitrogens is 1. The average molecular weight is 471 g/mol. The standard InChI is InChI=1S/C25H30N2O3S2/c1-4-19-10-12-21(13-11-19)25-26-22(15-31-25)16-32(29,30)17-24(28)27-23(14-18(2)3)20-8-6-5-7-9-20/h5-13,15,18,23H,4,14,16-17H2,1-3H3,(H,27,28). The van der Waals surface area contributed by atoms with E-state index in [0.717, 1.165) is 29.0 Å². The molecular weight excluding hydrogens is 440 g/mol. The van der Waals surface area contributed by atoms with E-state index in [1.165, 1.54) is 16.9 Å². The molecule has 0 saturated heterocycles. The number of rotatable bonds is 10. The molecule has 1 N–H and O–H groups in total. The molecule has 1 amide bonds. The topological polar surface area (TPSA) is 76.1 Å². The maximum atomic E-state index is 12.7. The van der Waals surface area contributed by atoms with Crippen LogP contribution in [0.5, 0.6) is 0 Å². The summed E-state index contributed by atoms with van der Waals surface area (Å²) in [5.74, 6) is -0.918. The Morgan fingerprint density at radius 3 is 2.38 bits per heavy atom. The van der Waals surface area contributed by atoms with Gasteiger partial charge in [-0.25, -0.2) is 13.4 Å². The number of nitrogens with zero attached hydrogens (tertiary/aromatic N) is 1. The highest BCUT2D eigenvalue weighted by Crippen LogP contribution is 2.25. The highest BCUT2D eigenvalue weighted by atomic mass is 32.2. The number of thiazole rings is 1. The first-order valence-electron chi connectivity index (χ1n) is 10.8. The number of sulfone groups is 1. The molecule has 170 valence electrons.